The summed E-state index contributed by atoms with van der Waals surface area (Å²) in [5.74, 6) is 4.55. The minimum Gasteiger partial charge on any atom is -0.488 e. The van der Waals surface area contributed by atoms with Crippen LogP contribution in [0.4, 0.5) is 5.82 Å². The second kappa shape index (κ2) is 11.8. The number of hydrogen-bond donors (Lipinski definition) is 4. The van der Waals surface area contributed by atoms with Gasteiger partial charge in [-0.25, -0.2) is 14.6 Å². The molecule has 0 unspecified atom stereocenters. The fourth-order valence-corrected chi connectivity index (χ4v) is 4.36. The van der Waals surface area contributed by atoms with Crippen LogP contribution in [0.1, 0.15) is 12.6 Å². The van der Waals surface area contributed by atoms with E-state index in [1.807, 2.05) is 6.92 Å². The second-order valence-corrected chi connectivity index (χ2v) is 10.7. The first-order chi connectivity index (χ1) is 17.4. The third-order valence-electron chi connectivity index (χ3n) is 5.06. The Labute approximate surface area is 211 Å². The predicted octanol–water partition coefficient (Wildman–Crippen LogP) is -1.12. The number of anilines is 1. The van der Waals surface area contributed by atoms with Gasteiger partial charge in [-0.05, 0) is 23.2 Å². The molecule has 18 heteroatoms. The van der Waals surface area contributed by atoms with Crippen LogP contribution in [0.2, 0.25) is 0 Å². The monoisotopic (exact) mass is 559 g/mol. The molecule has 3 rings (SSSR count). The van der Waals surface area contributed by atoms with E-state index < -0.39 is 38.3 Å². The molecule has 0 atom stereocenters. The molecular formula is C19H25N7O9S2. The molecule has 3 heterocycles. The molecule has 0 aliphatic carbocycles. The van der Waals surface area contributed by atoms with Crippen LogP contribution in [-0.4, -0.2) is 105 Å². The van der Waals surface area contributed by atoms with Gasteiger partial charge in [-0.2, -0.15) is 16.8 Å². The molecule has 0 aromatic carbocycles. The first kappa shape index (κ1) is 28.2. The number of aliphatic hydroxyl groups excluding tert-OH is 1. The fourth-order valence-electron chi connectivity index (χ4n) is 3.38. The highest BCUT2D eigenvalue weighted by atomic mass is 32.2. The maximum absolute atomic E-state index is 11.1. The van der Waals surface area contributed by atoms with Gasteiger partial charge in [0.2, 0.25) is 0 Å². The molecule has 16 nitrogen and oxygen atoms in total. The zero-order valence-electron chi connectivity index (χ0n) is 19.6. The summed E-state index contributed by atoms with van der Waals surface area (Å²) in [6.45, 7) is 1.43. The third-order valence-corrected chi connectivity index (χ3v) is 6.46. The lowest BCUT2D eigenvalue weighted by molar-refractivity contribution is 0.223. The zero-order chi connectivity index (χ0) is 27.2. The van der Waals surface area contributed by atoms with Gasteiger partial charge in [-0.15, -0.1) is 0 Å². The van der Waals surface area contributed by atoms with Crippen LogP contribution in [0.15, 0.2) is 10.8 Å². The summed E-state index contributed by atoms with van der Waals surface area (Å²) in [5, 5.41) is 16.5. The zero-order valence-corrected chi connectivity index (χ0v) is 21.2. The Morgan fingerprint density at radius 2 is 1.81 bits per heavy atom. The van der Waals surface area contributed by atoms with E-state index in [-0.39, 0.29) is 49.2 Å². The molecule has 202 valence electrons. The smallest absolute Gasteiger partial charge is 0.266 e. The van der Waals surface area contributed by atoms with E-state index in [0.29, 0.717) is 23.4 Å². The summed E-state index contributed by atoms with van der Waals surface area (Å²) >= 11 is 0. The van der Waals surface area contributed by atoms with Crippen molar-refractivity contribution in [2.45, 2.75) is 13.5 Å². The number of nitrogens with zero attached hydrogens (tertiary/aromatic N) is 6. The van der Waals surface area contributed by atoms with Crippen LogP contribution in [-0.2, 0) is 26.8 Å². The number of ether oxygens (including phenoxy) is 1. The number of nitrogen functional groups attached to an aromatic ring is 1. The molecule has 0 spiro atoms. The number of aliphatic hydroxyl groups is 1. The largest absolute Gasteiger partial charge is 0.488 e. The molecule has 37 heavy (non-hydrogen) atoms. The van der Waals surface area contributed by atoms with Crippen LogP contribution in [0.3, 0.4) is 0 Å². The summed E-state index contributed by atoms with van der Waals surface area (Å²) in [7, 11) is -8.60. The lowest BCUT2D eigenvalue weighted by Gasteiger charge is -2.21. The maximum atomic E-state index is 11.1. The quantitative estimate of drug-likeness (QED) is 0.152. The molecule has 5 N–H and O–H groups in total. The Bertz CT molecular complexity index is 1490. The molecule has 3 aromatic heterocycles. The lowest BCUT2D eigenvalue weighted by atomic mass is 10.2. The molecule has 0 radical (unpaired) electrons. The average Bonchev–Trinajstić information content (AvgIpc) is 3.41. The molecule has 0 aliphatic heterocycles. The van der Waals surface area contributed by atoms with Gasteiger partial charge in [0.15, 0.2) is 23.1 Å². The standard InChI is InChI=1S/C19H25N7O9S2/c1-2-26-17-14(34-9-5-25(6-10-36(28,29)30)7-11-37(31,32)33)12-21-13(4-3-8-27)15(17)22-19(26)16-18(20)24-35-23-16/h12,27H,2,5-11H2,1H3,(H2,20,24)(H,28,29,30)(H,31,32,33). The molecule has 0 amide bonds. The highest BCUT2D eigenvalue weighted by molar-refractivity contribution is 7.86. The predicted molar refractivity (Wildman–Crippen MR) is 130 cm³/mol. The highest BCUT2D eigenvalue weighted by Crippen LogP contribution is 2.33. The molecule has 0 bridgehead atoms. The first-order valence-corrected chi connectivity index (χ1v) is 14.0. The maximum Gasteiger partial charge on any atom is 0.266 e. The van der Waals surface area contributed by atoms with Crippen molar-refractivity contribution in [1.82, 2.24) is 29.7 Å². The fraction of sp³-hybridized carbons (Fsp3) is 0.474. The van der Waals surface area contributed by atoms with Crippen LogP contribution in [0.25, 0.3) is 22.6 Å². The number of aromatic nitrogens is 5. The van der Waals surface area contributed by atoms with Crippen molar-refractivity contribution in [3.63, 3.8) is 0 Å². The average molecular weight is 560 g/mol. The minimum absolute atomic E-state index is 0.0109. The van der Waals surface area contributed by atoms with E-state index in [4.69, 9.17) is 29.3 Å². The SMILES string of the molecule is CCn1c(-c2nonc2N)nc2c(C#CCO)ncc(OCCN(CCS(=O)(=O)O)CCS(=O)(=O)O)c21. The number of nitrogens with two attached hydrogens (primary N) is 1. The number of fused-ring (bicyclic) bond motifs is 1. The van der Waals surface area contributed by atoms with E-state index in [1.54, 1.807) is 4.57 Å². The normalized spacial score (nSPS) is 12.1. The number of rotatable bonds is 12. The Balaban J connectivity index is 1.93. The van der Waals surface area contributed by atoms with Gasteiger partial charge in [0, 0.05) is 26.2 Å². The molecular weight excluding hydrogens is 534 g/mol. The van der Waals surface area contributed by atoms with Gasteiger partial charge < -0.3 is 20.1 Å². The van der Waals surface area contributed by atoms with Crippen LogP contribution < -0.4 is 10.5 Å². The number of hydrogen-bond acceptors (Lipinski definition) is 13. The van der Waals surface area contributed by atoms with Gasteiger partial charge >= 0.3 is 0 Å². The number of aryl methyl sites for hydroxylation is 1. The van der Waals surface area contributed by atoms with Gasteiger partial charge in [-0.3, -0.25) is 14.0 Å². The van der Waals surface area contributed by atoms with Crippen molar-refractivity contribution in [2.24, 2.45) is 0 Å². The number of pyridine rings is 1. The Morgan fingerprint density at radius 1 is 1.14 bits per heavy atom. The van der Waals surface area contributed by atoms with Crippen LogP contribution >= 0.6 is 0 Å². The van der Waals surface area contributed by atoms with E-state index >= 15 is 0 Å². The molecule has 0 saturated carbocycles. The van der Waals surface area contributed by atoms with E-state index in [1.165, 1.54) is 11.1 Å². The van der Waals surface area contributed by atoms with Gasteiger partial charge in [0.1, 0.15) is 29.9 Å². The van der Waals surface area contributed by atoms with Crippen molar-refractivity contribution in [2.75, 3.05) is 50.1 Å². The Morgan fingerprint density at radius 3 is 2.35 bits per heavy atom. The summed E-state index contributed by atoms with van der Waals surface area (Å²) < 4.78 is 75.0. The summed E-state index contributed by atoms with van der Waals surface area (Å²) in [5.41, 5.74) is 7.09. The number of imidazole rings is 1. The highest BCUT2D eigenvalue weighted by Gasteiger charge is 2.23. The van der Waals surface area contributed by atoms with Crippen molar-refractivity contribution in [1.29, 1.82) is 0 Å². The van der Waals surface area contributed by atoms with Crippen molar-refractivity contribution >= 4 is 37.1 Å². The second-order valence-electron chi connectivity index (χ2n) is 7.57. The topological polar surface area (TPSA) is 237 Å². The first-order valence-electron chi connectivity index (χ1n) is 10.8. The van der Waals surface area contributed by atoms with Crippen molar-refractivity contribution in [3.05, 3.63) is 11.9 Å². The van der Waals surface area contributed by atoms with Crippen LogP contribution in [0.5, 0.6) is 5.75 Å². The molecule has 0 fully saturated rings. The summed E-state index contributed by atoms with van der Waals surface area (Å²) in [6.07, 6.45) is 1.40. The van der Waals surface area contributed by atoms with E-state index in [9.17, 15) is 16.8 Å². The van der Waals surface area contributed by atoms with E-state index in [2.05, 4.69) is 32.1 Å². The third kappa shape index (κ3) is 7.58. The lowest BCUT2D eigenvalue weighted by Crippen LogP contribution is -2.36. The summed E-state index contributed by atoms with van der Waals surface area (Å²) in [4.78, 5) is 10.2. The molecule has 3 aromatic rings. The summed E-state index contributed by atoms with van der Waals surface area (Å²) in [6, 6.07) is 0. The van der Waals surface area contributed by atoms with Crippen molar-refractivity contribution in [3.8, 4) is 29.1 Å². The van der Waals surface area contributed by atoms with E-state index in [0.717, 1.165) is 0 Å². The van der Waals surface area contributed by atoms with Crippen molar-refractivity contribution < 1.29 is 40.4 Å². The molecule has 0 aliphatic rings. The van der Waals surface area contributed by atoms with Gasteiger partial charge in [-0.1, -0.05) is 5.92 Å². The Hall–Kier alpha value is -3.34. The Kier molecular flexibility index (Phi) is 9.01. The van der Waals surface area contributed by atoms with Crippen LogP contribution in [0, 0.1) is 11.8 Å². The van der Waals surface area contributed by atoms with Gasteiger partial charge in [0.05, 0.1) is 17.7 Å². The minimum atomic E-state index is -4.30. The molecule has 0 saturated heterocycles. The van der Waals surface area contributed by atoms with Gasteiger partial charge in [0.25, 0.3) is 20.2 Å².